The summed E-state index contributed by atoms with van der Waals surface area (Å²) in [6.45, 7) is 0. The molecule has 0 N–H and O–H groups in total. The molecule has 0 saturated heterocycles. The van der Waals surface area contributed by atoms with Gasteiger partial charge >= 0.3 is 46.9 Å². The van der Waals surface area contributed by atoms with Crippen LogP contribution in [0.4, 0.5) is 0 Å². The Kier molecular flexibility index (Phi) is 3.70. The molecule has 0 radical (unpaired) electrons. The number of halogens is 3. The summed E-state index contributed by atoms with van der Waals surface area (Å²) in [6.07, 6.45) is 0. The molecule has 5 heavy (non-hydrogen) atoms. The van der Waals surface area contributed by atoms with Crippen LogP contribution in [0.2, 0.25) is 0 Å². The van der Waals surface area contributed by atoms with Crippen LogP contribution in [0.1, 0.15) is 0 Å². The molecule has 0 spiro atoms. The van der Waals surface area contributed by atoms with Crippen LogP contribution in [0.3, 0.4) is 0 Å². The molecule has 0 amide bonds. The number of hydrogen-bond acceptors (Lipinski definition) is 1. The van der Waals surface area contributed by atoms with Crippen molar-refractivity contribution in [2.75, 3.05) is 0 Å². The third kappa shape index (κ3) is 4.92. The Bertz CT molecular complexity index is 55.2. The topological polar surface area (TPSA) is 28.1 Å². The Balaban J connectivity index is 2.94. The van der Waals surface area contributed by atoms with E-state index in [4.69, 9.17) is 14.3 Å². The molecule has 0 fully saturated rings. The van der Waals surface area contributed by atoms with E-state index in [-0.39, 0.29) is 0 Å². The van der Waals surface area contributed by atoms with Gasteiger partial charge in [0, 0.05) is 0 Å². The molecule has 0 aliphatic carbocycles. The summed E-state index contributed by atoms with van der Waals surface area (Å²) in [5, 5.41) is 7.66. The number of nitrogens with zero attached hydrogens (tertiary/aromatic N) is 2. The Morgan fingerprint density at radius 1 is 2.00 bits per heavy atom. The van der Waals surface area contributed by atoms with Crippen molar-refractivity contribution in [1.82, 2.24) is 0 Å². The zero-order chi connectivity index (χ0) is 4.28. The van der Waals surface area contributed by atoms with Crippen molar-refractivity contribution < 1.29 is 0 Å². The summed E-state index contributed by atoms with van der Waals surface area (Å²) >= 11 is 1.06. The van der Waals surface area contributed by atoms with E-state index >= 15 is 0 Å². The molecule has 0 aliphatic heterocycles. The van der Waals surface area contributed by atoms with Gasteiger partial charge in [-0.3, -0.25) is 0 Å². The fraction of sp³-hybridized carbons (Fsp3) is 0. The monoisotopic (exact) mass is 269 g/mol. The molecular weight excluding hydrogens is 270 g/mol. The molecule has 0 aromatic heterocycles. The zero-order valence-electron chi connectivity index (χ0n) is 2.03. The van der Waals surface area contributed by atoms with Crippen LogP contribution in [0, 0.1) is 5.39 Å². The number of rotatable bonds is 0. The molecule has 0 bridgehead atoms. The second-order valence-electron chi connectivity index (χ2n) is 0.257. The van der Waals surface area contributed by atoms with Crippen LogP contribution >= 0.6 is 38.3 Å². The van der Waals surface area contributed by atoms with E-state index in [2.05, 4.69) is 15.9 Å². The first-order valence-corrected chi connectivity index (χ1v) is 9.19. The van der Waals surface area contributed by atoms with Crippen LogP contribution in [0.25, 0.3) is 3.19 Å². The third-order valence-corrected chi connectivity index (χ3v) is 1.57. The third-order valence-electron chi connectivity index (χ3n) is 0.0571. The van der Waals surface area contributed by atoms with Crippen molar-refractivity contribution in [3.8, 4) is 0 Å². The minimum atomic E-state index is -1.82. The second-order valence-corrected chi connectivity index (χ2v) is 9.67. The predicted molar refractivity (Wildman–Crippen MR) is 33.9 cm³/mol. The van der Waals surface area contributed by atoms with Crippen LogP contribution in [0.15, 0.2) is 0 Å². The van der Waals surface area contributed by atoms with Gasteiger partial charge < -0.3 is 0 Å². The molecule has 30 valence electrons. The van der Waals surface area contributed by atoms with Crippen molar-refractivity contribution in [1.29, 1.82) is 5.39 Å². The van der Waals surface area contributed by atoms with Crippen LogP contribution in [-0.2, 0) is 0 Å². The summed E-state index contributed by atoms with van der Waals surface area (Å²) in [5.74, 6) is 0. The Morgan fingerprint density at radius 3 is 2.20 bits per heavy atom. The van der Waals surface area contributed by atoms with E-state index in [1.807, 2.05) is 0 Å². The van der Waals surface area contributed by atoms with E-state index in [1.54, 1.807) is 0 Å². The van der Waals surface area contributed by atoms with Crippen LogP contribution in [-0.4, -0.2) is 0 Å². The molecule has 0 saturated carbocycles. The number of diazo groups is 1. The second kappa shape index (κ2) is 3.12. The van der Waals surface area contributed by atoms with Gasteiger partial charge in [0.15, 0.2) is 0 Å². The summed E-state index contributed by atoms with van der Waals surface area (Å²) < 4.78 is 2.73. The normalized spacial score (nSPS) is 9.40. The Labute approximate surface area is 46.7 Å². The Morgan fingerprint density at radius 2 is 2.20 bits per heavy atom. The van der Waals surface area contributed by atoms with Gasteiger partial charge in [0.25, 0.3) is 0 Å². The number of hydrogen-bond donors (Lipinski definition) is 0. The van der Waals surface area contributed by atoms with Crippen molar-refractivity contribution >= 4 is 38.3 Å². The van der Waals surface area contributed by atoms with Crippen LogP contribution < -0.4 is 0 Å². The standard InChI is InChI=1S/BrClIN2/c1-3(2)5-4/q+1. The molecule has 0 atom stereocenters. The van der Waals surface area contributed by atoms with Gasteiger partial charge in [-0.05, 0) is 0 Å². The summed E-state index contributed by atoms with van der Waals surface area (Å²) in [5.41, 5.74) is 0. The van der Waals surface area contributed by atoms with Gasteiger partial charge in [-0.15, -0.1) is 0 Å². The van der Waals surface area contributed by atoms with E-state index in [9.17, 15) is 0 Å². The average molecular weight is 270 g/mol. The molecule has 0 aromatic rings. The summed E-state index contributed by atoms with van der Waals surface area (Å²) in [6, 6.07) is 0. The molecular formula is BrClIN2+. The van der Waals surface area contributed by atoms with E-state index in [0.717, 1.165) is 0 Å². The SMILES string of the molecule is N#[N+]I(Cl)Br. The van der Waals surface area contributed by atoms with Gasteiger partial charge in [0.1, 0.15) is 0 Å². The van der Waals surface area contributed by atoms with Gasteiger partial charge in [0.2, 0.25) is 0 Å². The van der Waals surface area contributed by atoms with Crippen molar-refractivity contribution in [3.63, 3.8) is 0 Å². The molecule has 5 heteroatoms. The minimum absolute atomic E-state index is 1.82. The van der Waals surface area contributed by atoms with E-state index in [0.29, 0.717) is 0 Å². The molecule has 0 aromatic carbocycles. The first kappa shape index (κ1) is 5.92. The quantitative estimate of drug-likeness (QED) is 0.491. The molecule has 0 rings (SSSR count). The van der Waals surface area contributed by atoms with Crippen LogP contribution in [0.5, 0.6) is 0 Å². The van der Waals surface area contributed by atoms with Crippen molar-refractivity contribution in [3.05, 3.63) is 3.19 Å². The fourth-order valence-electron chi connectivity index (χ4n) is 0. The molecule has 2 nitrogen and oxygen atoms in total. The van der Waals surface area contributed by atoms with E-state index in [1.165, 1.54) is 0 Å². The maximum atomic E-state index is 7.66. The van der Waals surface area contributed by atoms with Gasteiger partial charge in [0.05, 0.1) is 0 Å². The fourth-order valence-corrected chi connectivity index (χ4v) is 0. The summed E-state index contributed by atoms with van der Waals surface area (Å²) in [7, 11) is 5.12. The van der Waals surface area contributed by atoms with E-state index < -0.39 is 16.7 Å². The maximum absolute atomic E-state index is 7.66. The average Bonchev–Trinajstić information content (AvgIpc) is 1.38. The van der Waals surface area contributed by atoms with Crippen molar-refractivity contribution in [2.24, 2.45) is 0 Å². The molecule has 0 unspecified atom stereocenters. The molecule has 0 aliphatic rings. The first-order chi connectivity index (χ1) is 2.27. The van der Waals surface area contributed by atoms with Gasteiger partial charge in [-0.1, -0.05) is 0 Å². The van der Waals surface area contributed by atoms with Gasteiger partial charge in [-0.25, -0.2) is 0 Å². The Hall–Kier alpha value is 0.920. The zero-order valence-corrected chi connectivity index (χ0v) is 6.53. The predicted octanol–water partition coefficient (Wildman–Crippen LogP) is 2.72. The first-order valence-electron chi connectivity index (χ1n) is 0.655. The summed E-state index contributed by atoms with van der Waals surface area (Å²) in [4.78, 5) is 0. The van der Waals surface area contributed by atoms with Crippen molar-refractivity contribution in [2.45, 2.75) is 0 Å². The molecule has 0 heterocycles. The van der Waals surface area contributed by atoms with Gasteiger partial charge in [-0.2, -0.15) is 0 Å².